The molecule has 22 heteroatoms. The van der Waals surface area contributed by atoms with E-state index in [1.807, 2.05) is 0 Å². The topological polar surface area (TPSA) is 239 Å². The molecule has 4 amide bonds. The quantitative estimate of drug-likeness (QED) is 0.0399. The van der Waals surface area contributed by atoms with Crippen molar-refractivity contribution in [1.82, 2.24) is 31.5 Å². The Bertz CT molecular complexity index is 1660. The third-order valence-electron chi connectivity index (χ3n) is 9.93. The van der Waals surface area contributed by atoms with E-state index >= 15 is 0 Å². The molecule has 2 rings (SSSR count). The summed E-state index contributed by atoms with van der Waals surface area (Å²) >= 11 is 16.8. The Hall–Kier alpha value is -3.35. The van der Waals surface area contributed by atoms with E-state index in [-0.39, 0.29) is 31.3 Å². The van der Waals surface area contributed by atoms with Gasteiger partial charge in [0.1, 0.15) is 30.8 Å². The van der Waals surface area contributed by atoms with E-state index in [2.05, 4.69) is 34.6 Å². The maximum absolute atomic E-state index is 12.9. The van der Waals surface area contributed by atoms with Crippen molar-refractivity contribution in [3.05, 3.63) is 25.3 Å². The van der Waals surface area contributed by atoms with Gasteiger partial charge in [0.2, 0.25) is 3.79 Å². The zero-order valence-corrected chi connectivity index (χ0v) is 44.0. The average Bonchev–Trinajstić information content (AvgIpc) is 3.19. The number of nitrogens with zero attached hydrogens (tertiary/aromatic N) is 2. The Morgan fingerprint density at radius 2 is 1.06 bits per heavy atom. The van der Waals surface area contributed by atoms with Gasteiger partial charge in [-0.25, -0.2) is 10.9 Å². The van der Waals surface area contributed by atoms with Crippen molar-refractivity contribution in [3.63, 3.8) is 0 Å². The summed E-state index contributed by atoms with van der Waals surface area (Å²) in [4.78, 5) is 99.4. The summed E-state index contributed by atoms with van der Waals surface area (Å²) in [5.74, 6) is -5.45. The summed E-state index contributed by atoms with van der Waals surface area (Å²) in [6.07, 6.45) is 3.80. The second-order valence-electron chi connectivity index (χ2n) is 17.5. The Labute approximate surface area is 404 Å². The number of hydrazine groups is 2. The SMILES string of the molecule is C=CCC(C)(C)C(=O)O[C@H](C(=O)N[C@@H](C)C(=O)N1CCC[C@@H](C(=O)O)N1)C(C)C.C=CCC(C)(C)C(=O)O[C@H](C(=O)N[C@@H](C)C(=O)N1CCC[C@@H](C(=O)OCC(Cl)(Cl)Cl)N1)C(C)C.[Zn]. The van der Waals surface area contributed by atoms with Gasteiger partial charge < -0.3 is 30.0 Å². The largest absolute Gasteiger partial charge is 0.480 e. The van der Waals surface area contributed by atoms with E-state index in [4.69, 9.17) is 54.1 Å². The standard InChI is InChI=1S/C22H34Cl3N3O6.C20H33N3O6.Zn/c1-7-10-21(5,6)20(32)34-16(13(2)3)17(29)26-14(4)18(30)28-11-8-9-15(27-28)19(31)33-12-22(23,24)25;1-7-10-20(5,6)19(28)29-15(12(2)3)16(24)21-13(4)17(25)23-11-8-9-14(22-23)18(26)27;/h7,13-16,27H,1,8-12H2,2-6H3,(H,26,29);7,12-15,22H,1,8-11H2,2-6H3,(H,21,24)(H,26,27);/t14-,15-,16-;13-,14-,15-;/m00./s1. The normalized spacial score (nSPS) is 18.6. The van der Waals surface area contributed by atoms with Crippen molar-refractivity contribution in [2.75, 3.05) is 19.7 Å². The molecule has 2 heterocycles. The fourth-order valence-corrected chi connectivity index (χ4v) is 6.26. The Morgan fingerprint density at radius 1 is 0.703 bits per heavy atom. The number of carboxylic acid groups (broad SMARTS) is 1. The van der Waals surface area contributed by atoms with Crippen molar-refractivity contribution in [3.8, 4) is 0 Å². The van der Waals surface area contributed by atoms with Crippen LogP contribution in [0.5, 0.6) is 0 Å². The molecule has 360 valence electrons. The van der Waals surface area contributed by atoms with Crippen molar-refractivity contribution >= 4 is 82.3 Å². The summed E-state index contributed by atoms with van der Waals surface area (Å²) in [6, 6.07) is -3.50. The molecule has 0 radical (unpaired) electrons. The van der Waals surface area contributed by atoms with Crippen LogP contribution in [-0.2, 0) is 72.0 Å². The summed E-state index contributed by atoms with van der Waals surface area (Å²) < 4.78 is 14.2. The number of halogens is 3. The van der Waals surface area contributed by atoms with E-state index < -0.39 is 105 Å². The number of carbonyl (C=O) groups excluding carboxylic acids is 7. The van der Waals surface area contributed by atoms with Crippen LogP contribution in [0.25, 0.3) is 0 Å². The number of allylic oxidation sites excluding steroid dienone is 2. The van der Waals surface area contributed by atoms with Gasteiger partial charge in [-0.05, 0) is 91.9 Å². The van der Waals surface area contributed by atoms with Crippen LogP contribution < -0.4 is 21.5 Å². The third kappa shape index (κ3) is 20.0. The number of carboxylic acids is 1. The first-order valence-electron chi connectivity index (χ1n) is 20.9. The molecule has 0 bridgehead atoms. The van der Waals surface area contributed by atoms with Crippen LogP contribution in [0.2, 0.25) is 0 Å². The van der Waals surface area contributed by atoms with E-state index in [1.54, 1.807) is 67.5 Å². The first-order chi connectivity index (χ1) is 29.0. The molecular formula is C42H67Cl3N6O12Zn. The van der Waals surface area contributed by atoms with Gasteiger partial charge in [-0.1, -0.05) is 74.6 Å². The van der Waals surface area contributed by atoms with Gasteiger partial charge in [0, 0.05) is 32.6 Å². The number of ether oxygens (including phenoxy) is 3. The maximum atomic E-state index is 12.9. The van der Waals surface area contributed by atoms with Gasteiger partial charge in [-0.2, -0.15) is 0 Å². The number of aliphatic carboxylic acids is 1. The van der Waals surface area contributed by atoms with Gasteiger partial charge in [0.15, 0.2) is 12.2 Å². The minimum atomic E-state index is -1.74. The van der Waals surface area contributed by atoms with Crippen molar-refractivity contribution in [1.29, 1.82) is 0 Å². The second-order valence-corrected chi connectivity index (χ2v) is 20.1. The molecule has 0 saturated carbocycles. The molecule has 5 N–H and O–H groups in total. The van der Waals surface area contributed by atoms with Gasteiger partial charge >= 0.3 is 23.9 Å². The molecular weight excluding hydrogens is 952 g/mol. The molecule has 2 fully saturated rings. The van der Waals surface area contributed by atoms with Crippen LogP contribution in [0.4, 0.5) is 0 Å². The number of nitrogens with one attached hydrogen (secondary N) is 4. The average molecular weight is 1020 g/mol. The molecule has 6 atom stereocenters. The zero-order chi connectivity index (χ0) is 48.6. The number of hydrogen-bond acceptors (Lipinski definition) is 13. The molecule has 64 heavy (non-hydrogen) atoms. The molecule has 2 aliphatic rings. The Balaban J connectivity index is 0.00000124. The Kier molecular flexibility index (Phi) is 25.9. The molecule has 0 spiro atoms. The van der Waals surface area contributed by atoms with Gasteiger partial charge in [0.05, 0.1) is 10.8 Å². The molecule has 0 aliphatic carbocycles. The summed E-state index contributed by atoms with van der Waals surface area (Å²) in [5.41, 5.74) is 3.80. The first kappa shape index (κ1) is 60.7. The van der Waals surface area contributed by atoms with Crippen LogP contribution in [0, 0.1) is 22.7 Å². The number of hydrogen-bond donors (Lipinski definition) is 5. The molecule has 0 unspecified atom stereocenters. The van der Waals surface area contributed by atoms with Crippen LogP contribution in [-0.4, -0.2) is 122 Å². The van der Waals surface area contributed by atoms with Gasteiger partial charge in [-0.3, -0.25) is 48.4 Å². The molecule has 18 nitrogen and oxygen atoms in total. The predicted octanol–water partition coefficient (Wildman–Crippen LogP) is 4.31. The van der Waals surface area contributed by atoms with Crippen LogP contribution >= 0.6 is 34.8 Å². The number of rotatable bonds is 19. The molecule has 2 aliphatic heterocycles. The van der Waals surface area contributed by atoms with E-state index in [0.29, 0.717) is 51.6 Å². The van der Waals surface area contributed by atoms with Crippen LogP contribution in [0.3, 0.4) is 0 Å². The zero-order valence-electron chi connectivity index (χ0n) is 38.7. The van der Waals surface area contributed by atoms with E-state index in [9.17, 15) is 38.4 Å². The number of amides is 4. The summed E-state index contributed by atoms with van der Waals surface area (Å²) in [7, 11) is 0. The van der Waals surface area contributed by atoms with Crippen molar-refractivity contribution in [2.45, 2.75) is 148 Å². The minimum absolute atomic E-state index is 0. The first-order valence-corrected chi connectivity index (χ1v) is 22.0. The summed E-state index contributed by atoms with van der Waals surface area (Å²) in [5, 5.41) is 16.8. The molecule has 0 aromatic heterocycles. The molecule has 0 aromatic rings. The fraction of sp³-hybridized carbons (Fsp3) is 0.714. The van der Waals surface area contributed by atoms with E-state index in [1.165, 1.54) is 23.9 Å². The second kappa shape index (κ2) is 27.3. The van der Waals surface area contributed by atoms with Crippen molar-refractivity contribution in [2.24, 2.45) is 22.7 Å². The number of esters is 3. The summed E-state index contributed by atoms with van der Waals surface area (Å²) in [6.45, 7) is 24.3. The Morgan fingerprint density at radius 3 is 1.39 bits per heavy atom. The van der Waals surface area contributed by atoms with E-state index in [0.717, 1.165) is 0 Å². The van der Waals surface area contributed by atoms with Crippen molar-refractivity contribution < 1.29 is 77.2 Å². The van der Waals surface area contributed by atoms with Crippen LogP contribution in [0.15, 0.2) is 25.3 Å². The smallest absolute Gasteiger partial charge is 0.325 e. The third-order valence-corrected chi connectivity index (χ3v) is 10.3. The fourth-order valence-electron chi connectivity index (χ4n) is 6.10. The predicted molar refractivity (Wildman–Crippen MR) is 236 cm³/mol. The van der Waals surface area contributed by atoms with Crippen LogP contribution in [0.1, 0.15) is 108 Å². The molecule has 0 aromatic carbocycles. The van der Waals surface area contributed by atoms with Gasteiger partial charge in [-0.15, -0.1) is 13.2 Å². The minimum Gasteiger partial charge on any atom is -0.480 e. The number of alkyl halides is 3. The van der Waals surface area contributed by atoms with Gasteiger partial charge in [0.25, 0.3) is 23.6 Å². The monoisotopic (exact) mass is 1020 g/mol. The number of carbonyl (C=O) groups is 8. The molecule has 2 saturated heterocycles. The maximum Gasteiger partial charge on any atom is 0.325 e.